The van der Waals surface area contributed by atoms with Crippen LogP contribution in [0.5, 0.6) is 0 Å². The van der Waals surface area contributed by atoms with Gasteiger partial charge in [0.1, 0.15) is 0 Å². The maximum absolute atomic E-state index is 11.8. The van der Waals surface area contributed by atoms with Crippen LogP contribution in [0.1, 0.15) is 19.8 Å². The van der Waals surface area contributed by atoms with Crippen molar-refractivity contribution in [1.82, 2.24) is 15.5 Å². The number of hydrogen-bond acceptors (Lipinski definition) is 3. The number of hydrogen-bond donors (Lipinski definition) is 3. The summed E-state index contributed by atoms with van der Waals surface area (Å²) in [6.07, 6.45) is 0.332. The Bertz CT molecular complexity index is 332. The zero-order chi connectivity index (χ0) is 13.5. The van der Waals surface area contributed by atoms with Crippen molar-refractivity contribution in [2.24, 2.45) is 5.92 Å². The summed E-state index contributed by atoms with van der Waals surface area (Å²) < 4.78 is 0. The topological polar surface area (TPSA) is 98.7 Å². The van der Waals surface area contributed by atoms with E-state index in [4.69, 9.17) is 5.11 Å². The molecule has 0 saturated carbocycles. The molecule has 1 aliphatic rings. The van der Waals surface area contributed by atoms with Crippen molar-refractivity contribution in [3.8, 4) is 0 Å². The van der Waals surface area contributed by atoms with Gasteiger partial charge in [0.25, 0.3) is 0 Å². The Morgan fingerprint density at radius 1 is 1.50 bits per heavy atom. The van der Waals surface area contributed by atoms with Gasteiger partial charge in [0.15, 0.2) is 0 Å². The van der Waals surface area contributed by atoms with E-state index in [1.807, 2.05) is 0 Å². The van der Waals surface area contributed by atoms with E-state index >= 15 is 0 Å². The Morgan fingerprint density at radius 2 is 2.22 bits per heavy atom. The van der Waals surface area contributed by atoms with Crippen LogP contribution in [-0.4, -0.2) is 54.1 Å². The third kappa shape index (κ3) is 5.03. The van der Waals surface area contributed by atoms with Gasteiger partial charge in [-0.25, -0.2) is 4.79 Å². The van der Waals surface area contributed by atoms with Gasteiger partial charge in [-0.05, 0) is 5.92 Å². The summed E-state index contributed by atoms with van der Waals surface area (Å²) in [7, 11) is 0. The molecule has 1 unspecified atom stereocenters. The molecule has 1 heterocycles. The minimum absolute atomic E-state index is 0.0281. The van der Waals surface area contributed by atoms with Crippen LogP contribution in [0.25, 0.3) is 0 Å². The van der Waals surface area contributed by atoms with Crippen molar-refractivity contribution in [3.63, 3.8) is 0 Å². The van der Waals surface area contributed by atoms with Gasteiger partial charge >= 0.3 is 12.0 Å². The first kappa shape index (κ1) is 14.3. The van der Waals surface area contributed by atoms with Gasteiger partial charge in [0.05, 0.1) is 0 Å². The van der Waals surface area contributed by atoms with Crippen LogP contribution >= 0.6 is 0 Å². The molecular weight excluding hydrogens is 238 g/mol. The van der Waals surface area contributed by atoms with E-state index in [0.29, 0.717) is 32.6 Å². The zero-order valence-electron chi connectivity index (χ0n) is 10.4. The van der Waals surface area contributed by atoms with Crippen LogP contribution in [0.4, 0.5) is 4.79 Å². The molecule has 3 N–H and O–H groups in total. The molecule has 0 aliphatic carbocycles. The Labute approximate surface area is 106 Å². The number of carboxylic acids is 1. The van der Waals surface area contributed by atoms with Crippen molar-refractivity contribution in [1.29, 1.82) is 0 Å². The average Bonchev–Trinajstić information content (AvgIpc) is 2.50. The predicted molar refractivity (Wildman–Crippen MR) is 64.0 cm³/mol. The molecule has 1 rings (SSSR count). The first-order chi connectivity index (χ1) is 8.49. The maximum Gasteiger partial charge on any atom is 0.317 e. The summed E-state index contributed by atoms with van der Waals surface area (Å²) in [6.45, 7) is 3.41. The van der Waals surface area contributed by atoms with Crippen LogP contribution in [-0.2, 0) is 9.59 Å². The second kappa shape index (κ2) is 6.83. The van der Waals surface area contributed by atoms with E-state index in [1.54, 1.807) is 11.8 Å². The highest BCUT2D eigenvalue weighted by molar-refractivity contribution is 5.79. The molecule has 3 amide bonds. The highest BCUT2D eigenvalue weighted by atomic mass is 16.4. The van der Waals surface area contributed by atoms with Crippen LogP contribution in [0.15, 0.2) is 0 Å². The number of urea groups is 1. The molecule has 0 aromatic heterocycles. The van der Waals surface area contributed by atoms with Gasteiger partial charge in [-0.1, -0.05) is 6.92 Å². The maximum atomic E-state index is 11.8. The minimum Gasteiger partial charge on any atom is -0.481 e. The third-order valence-electron chi connectivity index (χ3n) is 2.72. The van der Waals surface area contributed by atoms with Crippen molar-refractivity contribution in [2.75, 3.05) is 26.2 Å². The molecule has 1 fully saturated rings. The smallest absolute Gasteiger partial charge is 0.317 e. The molecule has 1 aliphatic heterocycles. The van der Waals surface area contributed by atoms with Crippen LogP contribution < -0.4 is 10.6 Å². The molecule has 1 saturated heterocycles. The Balaban J connectivity index is 2.31. The number of nitrogens with zero attached hydrogens (tertiary/aromatic N) is 1. The number of aliphatic carboxylic acids is 1. The van der Waals surface area contributed by atoms with Crippen molar-refractivity contribution >= 4 is 17.9 Å². The van der Waals surface area contributed by atoms with Gasteiger partial charge in [-0.15, -0.1) is 0 Å². The van der Waals surface area contributed by atoms with Crippen LogP contribution in [0, 0.1) is 5.92 Å². The Hall–Kier alpha value is -1.79. The first-order valence-electron chi connectivity index (χ1n) is 6.00. The lowest BCUT2D eigenvalue weighted by Gasteiger charge is -2.21. The molecule has 7 heteroatoms. The molecule has 0 spiro atoms. The van der Waals surface area contributed by atoms with Gasteiger partial charge < -0.3 is 20.6 Å². The molecular formula is C11H19N3O4. The zero-order valence-corrected chi connectivity index (χ0v) is 10.4. The predicted octanol–water partition coefficient (Wildman–Crippen LogP) is -0.371. The highest BCUT2D eigenvalue weighted by Gasteiger charge is 2.18. The summed E-state index contributed by atoms with van der Waals surface area (Å²) in [5.41, 5.74) is 0. The average molecular weight is 257 g/mol. The SMILES string of the molecule is CC(CNC(=O)N1CCNC(=O)CC1)CC(=O)O. The largest absolute Gasteiger partial charge is 0.481 e. The molecule has 0 radical (unpaired) electrons. The standard InChI is InChI=1S/C11H19N3O4/c1-8(6-10(16)17)7-13-11(18)14-4-2-9(15)12-3-5-14/h8H,2-7H2,1H3,(H,12,15)(H,13,18)(H,16,17). The fourth-order valence-corrected chi connectivity index (χ4v) is 1.71. The number of carboxylic acid groups (broad SMARTS) is 1. The second-order valence-corrected chi connectivity index (χ2v) is 4.48. The first-order valence-corrected chi connectivity index (χ1v) is 6.00. The number of amides is 3. The molecule has 18 heavy (non-hydrogen) atoms. The lowest BCUT2D eigenvalue weighted by atomic mass is 10.1. The van der Waals surface area contributed by atoms with E-state index < -0.39 is 5.97 Å². The lowest BCUT2D eigenvalue weighted by molar-refractivity contribution is -0.137. The number of carbonyl (C=O) groups is 3. The van der Waals surface area contributed by atoms with E-state index in [0.717, 1.165) is 0 Å². The number of carbonyl (C=O) groups excluding carboxylic acids is 2. The van der Waals surface area contributed by atoms with Crippen LogP contribution in [0.3, 0.4) is 0 Å². The lowest BCUT2D eigenvalue weighted by Crippen LogP contribution is -2.43. The molecule has 0 bridgehead atoms. The Morgan fingerprint density at radius 3 is 2.89 bits per heavy atom. The third-order valence-corrected chi connectivity index (χ3v) is 2.72. The second-order valence-electron chi connectivity index (χ2n) is 4.48. The van der Waals surface area contributed by atoms with E-state index in [-0.39, 0.29) is 24.3 Å². The fraction of sp³-hybridized carbons (Fsp3) is 0.727. The normalized spacial score (nSPS) is 17.6. The molecule has 1 atom stereocenters. The van der Waals surface area contributed by atoms with Gasteiger partial charge in [-0.3, -0.25) is 9.59 Å². The molecule has 0 aromatic carbocycles. The van der Waals surface area contributed by atoms with Gasteiger partial charge in [-0.2, -0.15) is 0 Å². The summed E-state index contributed by atoms with van der Waals surface area (Å²) in [5, 5.41) is 14.0. The monoisotopic (exact) mass is 257 g/mol. The molecule has 102 valence electrons. The fourth-order valence-electron chi connectivity index (χ4n) is 1.71. The van der Waals surface area contributed by atoms with Gasteiger partial charge in [0.2, 0.25) is 5.91 Å². The van der Waals surface area contributed by atoms with E-state index in [2.05, 4.69) is 10.6 Å². The van der Waals surface area contributed by atoms with E-state index in [1.165, 1.54) is 0 Å². The summed E-state index contributed by atoms with van der Waals surface area (Å²) in [5.74, 6) is -1.04. The van der Waals surface area contributed by atoms with Crippen molar-refractivity contribution in [2.45, 2.75) is 19.8 Å². The van der Waals surface area contributed by atoms with Gasteiger partial charge in [0, 0.05) is 39.0 Å². The summed E-state index contributed by atoms with van der Waals surface area (Å²) in [6, 6.07) is -0.247. The molecule has 7 nitrogen and oxygen atoms in total. The highest BCUT2D eigenvalue weighted by Crippen LogP contribution is 2.01. The number of rotatable bonds is 4. The van der Waals surface area contributed by atoms with Crippen molar-refractivity contribution < 1.29 is 19.5 Å². The van der Waals surface area contributed by atoms with Crippen LogP contribution in [0.2, 0.25) is 0 Å². The number of nitrogens with one attached hydrogen (secondary N) is 2. The van der Waals surface area contributed by atoms with Crippen molar-refractivity contribution in [3.05, 3.63) is 0 Å². The summed E-state index contributed by atoms with van der Waals surface area (Å²) >= 11 is 0. The molecule has 0 aromatic rings. The summed E-state index contributed by atoms with van der Waals surface area (Å²) in [4.78, 5) is 34.9. The minimum atomic E-state index is -0.874. The van der Waals surface area contributed by atoms with E-state index in [9.17, 15) is 14.4 Å². The Kier molecular flexibility index (Phi) is 5.41. The quantitative estimate of drug-likeness (QED) is 0.640.